The van der Waals surface area contributed by atoms with Crippen LogP contribution in [0.25, 0.3) is 0 Å². The fraction of sp³-hybridized carbons (Fsp3) is 0.696. The van der Waals surface area contributed by atoms with E-state index < -0.39 is 0 Å². The number of benzene rings is 1. The summed E-state index contributed by atoms with van der Waals surface area (Å²) >= 11 is 0. The zero-order valence-corrected chi connectivity index (χ0v) is 17.1. The second kappa shape index (κ2) is 6.79. The molecule has 4 saturated carbocycles. The van der Waals surface area contributed by atoms with Crippen molar-refractivity contribution in [2.75, 3.05) is 33.0 Å². The number of piperazine rings is 1. The molecule has 6 heteroatoms. The molecule has 0 spiro atoms. The Labute approximate surface area is 172 Å². The highest BCUT2D eigenvalue weighted by Gasteiger charge is 2.51. The minimum Gasteiger partial charge on any atom is -0.454 e. The summed E-state index contributed by atoms with van der Waals surface area (Å²) < 4.78 is 10.9. The largest absolute Gasteiger partial charge is 0.454 e. The first-order valence-electron chi connectivity index (χ1n) is 11.4. The maximum absolute atomic E-state index is 13.1. The molecule has 1 aromatic rings. The van der Waals surface area contributed by atoms with E-state index in [1.54, 1.807) is 0 Å². The number of hydrogen-bond acceptors (Lipinski definition) is 3. The molecule has 4 bridgehead atoms. The molecule has 4 aliphatic carbocycles. The van der Waals surface area contributed by atoms with Gasteiger partial charge in [0.25, 0.3) is 0 Å². The standard InChI is InChI=1S/C23H31N3O3/c27-22(24-23-11-17-7-18(12-23)9-19(8-17)13-23)26-5-3-25(4-6-26)14-16-1-2-20-21(10-16)29-15-28-20/h1-2,10,17-19H,3-9,11-15H2,(H,24,27)/p+1. The van der Waals surface area contributed by atoms with Crippen molar-refractivity contribution >= 4 is 6.03 Å². The van der Waals surface area contributed by atoms with Crippen LogP contribution < -0.4 is 19.7 Å². The van der Waals surface area contributed by atoms with Gasteiger partial charge < -0.3 is 24.6 Å². The molecule has 1 aromatic carbocycles. The van der Waals surface area contributed by atoms with E-state index in [1.165, 1.54) is 49.0 Å². The minimum atomic E-state index is 0.113. The van der Waals surface area contributed by atoms with Gasteiger partial charge in [0.2, 0.25) is 6.79 Å². The van der Waals surface area contributed by atoms with Gasteiger partial charge in [-0.25, -0.2) is 4.79 Å². The molecule has 5 fully saturated rings. The van der Waals surface area contributed by atoms with Crippen LogP contribution in [0.4, 0.5) is 4.79 Å². The highest BCUT2D eigenvalue weighted by Crippen LogP contribution is 2.55. The predicted molar refractivity (Wildman–Crippen MR) is 108 cm³/mol. The Balaban J connectivity index is 1.03. The van der Waals surface area contributed by atoms with E-state index in [1.807, 2.05) is 6.07 Å². The number of ether oxygens (including phenoxy) is 2. The number of nitrogens with one attached hydrogen (secondary N) is 2. The average molecular weight is 399 g/mol. The summed E-state index contributed by atoms with van der Waals surface area (Å²) in [6, 6.07) is 6.43. The first kappa shape index (κ1) is 17.9. The van der Waals surface area contributed by atoms with Crippen molar-refractivity contribution in [3.05, 3.63) is 23.8 Å². The van der Waals surface area contributed by atoms with E-state index in [0.29, 0.717) is 6.79 Å². The van der Waals surface area contributed by atoms with E-state index in [4.69, 9.17) is 9.47 Å². The second-order valence-corrected chi connectivity index (χ2v) is 10.2. The third-order valence-electron chi connectivity index (χ3n) is 8.06. The van der Waals surface area contributed by atoms with Gasteiger partial charge in [-0.3, -0.25) is 0 Å². The van der Waals surface area contributed by atoms with E-state index in [2.05, 4.69) is 22.3 Å². The van der Waals surface area contributed by atoms with Gasteiger partial charge in [-0.1, -0.05) is 0 Å². The lowest BCUT2D eigenvalue weighted by Crippen LogP contribution is -3.13. The molecule has 0 unspecified atom stereocenters. The minimum absolute atomic E-state index is 0.113. The number of nitrogens with zero attached hydrogens (tertiary/aromatic N) is 1. The van der Waals surface area contributed by atoms with E-state index in [0.717, 1.165) is 62.0 Å². The topological polar surface area (TPSA) is 55.2 Å². The van der Waals surface area contributed by atoms with E-state index in [9.17, 15) is 4.79 Å². The molecule has 29 heavy (non-hydrogen) atoms. The maximum Gasteiger partial charge on any atom is 0.318 e. The molecule has 7 rings (SSSR count). The number of carbonyl (C=O) groups is 1. The normalized spacial score (nSPS) is 35.2. The third kappa shape index (κ3) is 3.35. The van der Waals surface area contributed by atoms with Crippen LogP contribution in [-0.4, -0.2) is 49.4 Å². The summed E-state index contributed by atoms with van der Waals surface area (Å²) in [6.45, 7) is 4.99. The van der Waals surface area contributed by atoms with Crippen molar-refractivity contribution in [2.24, 2.45) is 17.8 Å². The lowest BCUT2D eigenvalue weighted by molar-refractivity contribution is -0.917. The molecule has 6 aliphatic rings. The van der Waals surface area contributed by atoms with Crippen LogP contribution in [0.1, 0.15) is 44.1 Å². The van der Waals surface area contributed by atoms with Crippen LogP contribution in [-0.2, 0) is 6.54 Å². The first-order valence-corrected chi connectivity index (χ1v) is 11.4. The Morgan fingerprint density at radius 2 is 1.69 bits per heavy atom. The van der Waals surface area contributed by atoms with Crippen LogP contribution in [0.3, 0.4) is 0 Å². The number of amides is 2. The van der Waals surface area contributed by atoms with Crippen molar-refractivity contribution in [3.8, 4) is 11.5 Å². The van der Waals surface area contributed by atoms with Crippen LogP contribution in [0.2, 0.25) is 0 Å². The predicted octanol–water partition coefficient (Wildman–Crippen LogP) is 1.79. The van der Waals surface area contributed by atoms with Crippen molar-refractivity contribution in [1.82, 2.24) is 10.2 Å². The Bertz CT molecular complexity index is 767. The molecule has 2 aliphatic heterocycles. The van der Waals surface area contributed by atoms with Crippen LogP contribution >= 0.6 is 0 Å². The fourth-order valence-corrected chi connectivity index (χ4v) is 7.11. The van der Waals surface area contributed by atoms with Crippen LogP contribution in [0.5, 0.6) is 11.5 Å². The van der Waals surface area contributed by atoms with Gasteiger partial charge in [-0.15, -0.1) is 0 Å². The molecule has 156 valence electrons. The number of quaternary nitrogens is 1. The Morgan fingerprint density at radius 3 is 2.38 bits per heavy atom. The maximum atomic E-state index is 13.1. The molecule has 6 nitrogen and oxygen atoms in total. The highest BCUT2D eigenvalue weighted by molar-refractivity contribution is 5.75. The smallest absolute Gasteiger partial charge is 0.318 e. The zero-order chi connectivity index (χ0) is 19.4. The fourth-order valence-electron chi connectivity index (χ4n) is 7.11. The van der Waals surface area contributed by atoms with Crippen molar-refractivity contribution in [3.63, 3.8) is 0 Å². The second-order valence-electron chi connectivity index (χ2n) is 10.2. The third-order valence-corrected chi connectivity index (χ3v) is 8.06. The molecular weight excluding hydrogens is 366 g/mol. The quantitative estimate of drug-likeness (QED) is 0.816. The van der Waals surface area contributed by atoms with Gasteiger partial charge in [0.05, 0.1) is 26.2 Å². The highest BCUT2D eigenvalue weighted by atomic mass is 16.7. The number of hydrogen-bond donors (Lipinski definition) is 2. The Kier molecular flexibility index (Phi) is 4.19. The van der Waals surface area contributed by atoms with Crippen molar-refractivity contribution in [1.29, 1.82) is 0 Å². The Hall–Kier alpha value is -1.95. The molecule has 0 radical (unpaired) electrons. The molecule has 0 atom stereocenters. The summed E-state index contributed by atoms with van der Waals surface area (Å²) in [4.78, 5) is 16.6. The molecule has 2 heterocycles. The zero-order valence-electron chi connectivity index (χ0n) is 17.1. The number of rotatable bonds is 3. The summed E-state index contributed by atoms with van der Waals surface area (Å²) in [5, 5.41) is 3.53. The first-order chi connectivity index (χ1) is 14.1. The molecule has 0 aromatic heterocycles. The van der Waals surface area contributed by atoms with Gasteiger partial charge in [0.15, 0.2) is 11.5 Å². The average Bonchev–Trinajstić information content (AvgIpc) is 3.15. The van der Waals surface area contributed by atoms with Gasteiger partial charge in [0.1, 0.15) is 6.54 Å². The molecule has 2 N–H and O–H groups in total. The SMILES string of the molecule is O=C(NC12CC3CC(CC(C3)C1)C2)N1CC[NH+](Cc2ccc3c(c2)OCO3)CC1. The number of urea groups is 1. The van der Waals surface area contributed by atoms with Crippen molar-refractivity contribution in [2.45, 2.75) is 50.6 Å². The Morgan fingerprint density at radius 1 is 1.03 bits per heavy atom. The van der Waals surface area contributed by atoms with Crippen molar-refractivity contribution < 1.29 is 19.2 Å². The summed E-state index contributed by atoms with van der Waals surface area (Å²) in [6.07, 6.45) is 7.91. The monoisotopic (exact) mass is 398 g/mol. The lowest BCUT2D eigenvalue weighted by Gasteiger charge is -2.57. The van der Waals surface area contributed by atoms with Gasteiger partial charge in [0, 0.05) is 11.1 Å². The van der Waals surface area contributed by atoms with Gasteiger partial charge in [-0.2, -0.15) is 0 Å². The van der Waals surface area contributed by atoms with Gasteiger partial charge in [-0.05, 0) is 74.5 Å². The lowest BCUT2D eigenvalue weighted by atomic mass is 9.53. The molecular formula is C23H32N3O3+. The summed E-state index contributed by atoms with van der Waals surface area (Å²) in [7, 11) is 0. The van der Waals surface area contributed by atoms with E-state index >= 15 is 0 Å². The van der Waals surface area contributed by atoms with Crippen LogP contribution in [0, 0.1) is 17.8 Å². The van der Waals surface area contributed by atoms with Crippen LogP contribution in [0.15, 0.2) is 18.2 Å². The van der Waals surface area contributed by atoms with E-state index in [-0.39, 0.29) is 11.6 Å². The summed E-state index contributed by atoms with van der Waals surface area (Å²) in [5.41, 5.74) is 1.39. The number of carbonyl (C=O) groups excluding carboxylic acids is 1. The molecule has 2 amide bonds. The molecule has 1 saturated heterocycles. The number of fused-ring (bicyclic) bond motifs is 1. The summed E-state index contributed by atoms with van der Waals surface area (Å²) in [5.74, 6) is 4.30. The van der Waals surface area contributed by atoms with Gasteiger partial charge >= 0.3 is 6.03 Å².